The first-order valence-corrected chi connectivity index (χ1v) is 15.1. The van der Waals surface area contributed by atoms with Crippen LogP contribution in [0.1, 0.15) is 100 Å². The summed E-state index contributed by atoms with van der Waals surface area (Å²) in [5.74, 6) is -0.528. The van der Waals surface area contributed by atoms with Gasteiger partial charge in [-0.25, -0.2) is 0 Å². The lowest BCUT2D eigenvalue weighted by Gasteiger charge is -2.44. The molecule has 7 heteroatoms. The molecule has 0 bridgehead atoms. The van der Waals surface area contributed by atoms with Gasteiger partial charge in [0.05, 0.1) is 18.3 Å². The van der Waals surface area contributed by atoms with Crippen LogP contribution in [-0.2, 0) is 35.0 Å². The molecule has 3 fully saturated rings. The highest BCUT2D eigenvalue weighted by Crippen LogP contribution is 2.46. The number of halogens is 1. The van der Waals surface area contributed by atoms with E-state index >= 15 is 0 Å². The van der Waals surface area contributed by atoms with E-state index in [1.54, 1.807) is 0 Å². The van der Waals surface area contributed by atoms with E-state index in [0.717, 1.165) is 36.1 Å². The molecule has 0 amide bonds. The number of carbonyl (C=O) groups excluding carboxylic acids is 2. The monoisotopic (exact) mass is 568 g/mol. The largest absolute Gasteiger partial charge is 0.458 e. The fraction of sp³-hybridized carbons (Fsp3) is 0.576. The van der Waals surface area contributed by atoms with E-state index in [-0.39, 0.29) is 17.6 Å². The van der Waals surface area contributed by atoms with Crippen LogP contribution in [0.4, 0.5) is 0 Å². The van der Waals surface area contributed by atoms with Crippen LogP contribution in [0.3, 0.4) is 0 Å². The number of rotatable bonds is 7. The maximum atomic E-state index is 12.1. The van der Waals surface area contributed by atoms with Gasteiger partial charge in [-0.05, 0) is 60.4 Å². The van der Waals surface area contributed by atoms with Crippen LogP contribution < -0.4 is 0 Å². The second-order valence-electron chi connectivity index (χ2n) is 11.9. The van der Waals surface area contributed by atoms with Gasteiger partial charge >= 0.3 is 11.9 Å². The summed E-state index contributed by atoms with van der Waals surface area (Å²) >= 11 is 6.67. The van der Waals surface area contributed by atoms with E-state index in [2.05, 4.69) is 24.3 Å². The first-order chi connectivity index (χ1) is 19.2. The molecule has 2 saturated heterocycles. The molecule has 0 aromatic heterocycles. The van der Waals surface area contributed by atoms with Gasteiger partial charge in [0.25, 0.3) is 0 Å². The summed E-state index contributed by atoms with van der Waals surface area (Å²) in [6.45, 7) is 7.56. The van der Waals surface area contributed by atoms with Crippen LogP contribution in [0.5, 0.6) is 0 Å². The molecule has 2 aliphatic heterocycles. The van der Waals surface area contributed by atoms with Crippen molar-refractivity contribution in [2.45, 2.75) is 109 Å². The van der Waals surface area contributed by atoms with Gasteiger partial charge in [-0.3, -0.25) is 9.59 Å². The molecule has 5 rings (SSSR count). The molecule has 6 atom stereocenters. The minimum absolute atomic E-state index is 0.117. The number of carbonyl (C=O) groups is 2. The van der Waals surface area contributed by atoms with E-state index in [0.29, 0.717) is 17.4 Å². The Kier molecular flexibility index (Phi) is 8.89. The molecule has 2 aromatic carbocycles. The van der Waals surface area contributed by atoms with Crippen LogP contribution in [0.2, 0.25) is 5.02 Å². The van der Waals surface area contributed by atoms with Gasteiger partial charge in [0, 0.05) is 30.7 Å². The van der Waals surface area contributed by atoms with Crippen molar-refractivity contribution in [1.82, 2.24) is 0 Å². The molecular formula is C33H41ClO6. The lowest BCUT2D eigenvalue weighted by molar-refractivity contribution is -0.225. The van der Waals surface area contributed by atoms with Crippen molar-refractivity contribution < 1.29 is 28.5 Å². The Bertz CT molecular complexity index is 1200. The summed E-state index contributed by atoms with van der Waals surface area (Å²) in [5, 5.41) is 0.664. The Morgan fingerprint density at radius 1 is 0.975 bits per heavy atom. The Hall–Kier alpha value is -2.41. The maximum absolute atomic E-state index is 12.1. The summed E-state index contributed by atoms with van der Waals surface area (Å²) in [4.78, 5) is 24.1. The van der Waals surface area contributed by atoms with E-state index < -0.39 is 30.3 Å². The number of esters is 2. The van der Waals surface area contributed by atoms with Gasteiger partial charge in [0.1, 0.15) is 12.2 Å². The van der Waals surface area contributed by atoms with Gasteiger partial charge in [-0.15, -0.1) is 0 Å². The van der Waals surface area contributed by atoms with Crippen molar-refractivity contribution in [2.24, 2.45) is 5.92 Å². The second-order valence-corrected chi connectivity index (χ2v) is 12.3. The number of benzene rings is 2. The van der Waals surface area contributed by atoms with Crippen LogP contribution in [0.15, 0.2) is 42.5 Å². The highest BCUT2D eigenvalue weighted by molar-refractivity contribution is 6.31. The minimum Gasteiger partial charge on any atom is -0.458 e. The third-order valence-corrected chi connectivity index (χ3v) is 9.39. The molecule has 1 aliphatic carbocycles. The van der Waals surface area contributed by atoms with E-state index in [9.17, 15) is 9.59 Å². The van der Waals surface area contributed by atoms with Crippen LogP contribution in [0.25, 0.3) is 0 Å². The molecule has 6 nitrogen and oxygen atoms in total. The second kappa shape index (κ2) is 12.2. The Morgan fingerprint density at radius 2 is 1.62 bits per heavy atom. The zero-order chi connectivity index (χ0) is 28.4. The van der Waals surface area contributed by atoms with Crippen molar-refractivity contribution in [2.75, 3.05) is 6.61 Å². The van der Waals surface area contributed by atoms with Gasteiger partial charge in [0.2, 0.25) is 0 Å². The number of ether oxygens (including phenoxy) is 4. The van der Waals surface area contributed by atoms with Crippen LogP contribution >= 0.6 is 11.6 Å². The summed E-state index contributed by atoms with van der Waals surface area (Å²) in [7, 11) is 0. The van der Waals surface area contributed by atoms with Crippen LogP contribution in [-0.4, -0.2) is 42.5 Å². The molecular weight excluding hydrogens is 528 g/mol. The topological polar surface area (TPSA) is 71.1 Å². The highest BCUT2D eigenvalue weighted by atomic mass is 35.5. The van der Waals surface area contributed by atoms with E-state index in [1.807, 2.05) is 32.0 Å². The lowest BCUT2D eigenvalue weighted by Crippen LogP contribution is -2.52. The van der Waals surface area contributed by atoms with Crippen molar-refractivity contribution in [3.05, 3.63) is 69.7 Å². The summed E-state index contributed by atoms with van der Waals surface area (Å²) in [6, 6.07) is 14.6. The third-order valence-electron chi connectivity index (χ3n) is 9.02. The molecule has 0 N–H and O–H groups in total. The average molecular weight is 569 g/mol. The molecule has 1 spiro atoms. The van der Waals surface area contributed by atoms with E-state index in [1.165, 1.54) is 45.1 Å². The molecule has 3 aliphatic rings. The smallest absolute Gasteiger partial charge is 0.303 e. The quantitative estimate of drug-likeness (QED) is 0.332. The third kappa shape index (κ3) is 6.24. The minimum atomic E-state index is -0.760. The molecule has 1 saturated carbocycles. The molecule has 0 radical (unpaired) electrons. The number of hydrogen-bond acceptors (Lipinski definition) is 6. The first-order valence-electron chi connectivity index (χ1n) is 14.7. The molecule has 2 heterocycles. The summed E-state index contributed by atoms with van der Waals surface area (Å²) in [5.41, 5.74) is 4.42. The van der Waals surface area contributed by atoms with Crippen molar-refractivity contribution in [3.8, 4) is 0 Å². The Morgan fingerprint density at radius 3 is 2.27 bits per heavy atom. The lowest BCUT2D eigenvalue weighted by atomic mass is 9.84. The van der Waals surface area contributed by atoms with Crippen LogP contribution in [0, 0.1) is 5.92 Å². The molecule has 2 unspecified atom stereocenters. The van der Waals surface area contributed by atoms with Gasteiger partial charge in [-0.2, -0.15) is 0 Å². The molecule has 216 valence electrons. The predicted molar refractivity (Wildman–Crippen MR) is 153 cm³/mol. The predicted octanol–water partition coefficient (Wildman–Crippen LogP) is 7.10. The van der Waals surface area contributed by atoms with Crippen molar-refractivity contribution in [3.63, 3.8) is 0 Å². The van der Waals surface area contributed by atoms with Gasteiger partial charge < -0.3 is 18.9 Å². The molecule has 2 aromatic rings. The van der Waals surface area contributed by atoms with Crippen molar-refractivity contribution >= 4 is 23.5 Å². The zero-order valence-corrected chi connectivity index (χ0v) is 24.7. The Balaban J connectivity index is 1.36. The SMILES string of the molecule is CC[C@H]1OC(c2ccc(Cl)c(Cc3ccc(C4COC5(CCCC5)C4)cc3)c2)[C@H](OC(C)=O)[C@@H](OC(C)=O)[C@@H]1C. The fourth-order valence-corrected chi connectivity index (χ4v) is 7.14. The van der Waals surface area contributed by atoms with Gasteiger partial charge in [-0.1, -0.05) is 74.7 Å². The molecule has 40 heavy (non-hydrogen) atoms. The summed E-state index contributed by atoms with van der Waals surface area (Å²) < 4.78 is 24.2. The fourth-order valence-electron chi connectivity index (χ4n) is 6.96. The van der Waals surface area contributed by atoms with E-state index in [4.69, 9.17) is 30.5 Å². The standard InChI is InChI=1S/C33H41ClO6/c1-5-29-20(2)30(38-21(3)35)32(39-22(4)36)31(40-29)25-12-13-28(34)26(17-25)16-23-8-10-24(11-9-23)27-18-33(37-19-27)14-6-7-15-33/h8-13,17,20,27,29-32H,5-7,14-16,18-19H2,1-4H3/t20-,27?,29-,30+,31?,32-/m1/s1. The summed E-state index contributed by atoms with van der Waals surface area (Å²) in [6.07, 6.45) is 5.35. The average Bonchev–Trinajstić information content (AvgIpc) is 3.57. The zero-order valence-electron chi connectivity index (χ0n) is 24.0. The number of hydrogen-bond donors (Lipinski definition) is 0. The first kappa shape index (κ1) is 29.1. The Labute approximate surface area is 242 Å². The normalized spacial score (nSPS) is 29.4. The van der Waals surface area contributed by atoms with Crippen molar-refractivity contribution in [1.29, 1.82) is 0 Å². The van der Waals surface area contributed by atoms with Gasteiger partial charge in [0.15, 0.2) is 6.10 Å². The maximum Gasteiger partial charge on any atom is 0.303 e. The highest BCUT2D eigenvalue weighted by Gasteiger charge is 2.48.